The van der Waals surface area contributed by atoms with E-state index in [-0.39, 0.29) is 18.0 Å². The van der Waals surface area contributed by atoms with Crippen LogP contribution >= 0.6 is 0 Å². The summed E-state index contributed by atoms with van der Waals surface area (Å²) in [6.07, 6.45) is 2.92. The summed E-state index contributed by atoms with van der Waals surface area (Å²) < 4.78 is 10.4. The molecule has 96 valence electrons. The molecule has 5 heteroatoms. The van der Waals surface area contributed by atoms with Gasteiger partial charge in [0.2, 0.25) is 0 Å². The van der Waals surface area contributed by atoms with E-state index in [2.05, 4.69) is 0 Å². The zero-order valence-electron chi connectivity index (χ0n) is 10.2. The Morgan fingerprint density at radius 2 is 2.18 bits per heavy atom. The molecule has 0 aromatic heterocycles. The van der Waals surface area contributed by atoms with Gasteiger partial charge in [-0.2, -0.15) is 0 Å². The highest BCUT2D eigenvalue weighted by Crippen LogP contribution is 2.23. The van der Waals surface area contributed by atoms with Crippen LogP contribution in [-0.2, 0) is 19.1 Å². The van der Waals surface area contributed by atoms with E-state index < -0.39 is 6.04 Å². The number of hydrogen-bond donors (Lipinski definition) is 0. The highest BCUT2D eigenvalue weighted by atomic mass is 16.5. The Hall–Kier alpha value is -1.10. The molecule has 2 aliphatic rings. The summed E-state index contributed by atoms with van der Waals surface area (Å²) in [5.74, 6) is -0.325. The summed E-state index contributed by atoms with van der Waals surface area (Å²) in [5, 5.41) is 0. The number of nitrogens with zero attached hydrogens (tertiary/aromatic N) is 1. The molecule has 0 aliphatic carbocycles. The number of esters is 1. The van der Waals surface area contributed by atoms with E-state index in [9.17, 15) is 9.59 Å². The van der Waals surface area contributed by atoms with Crippen LogP contribution in [0.2, 0.25) is 0 Å². The zero-order chi connectivity index (χ0) is 12.3. The molecular formula is C12H19NO4. The van der Waals surface area contributed by atoms with Crippen LogP contribution < -0.4 is 0 Å². The van der Waals surface area contributed by atoms with Crippen molar-refractivity contribution >= 4 is 11.9 Å². The number of amides is 1. The first-order valence-electron chi connectivity index (χ1n) is 6.32. The van der Waals surface area contributed by atoms with Crippen LogP contribution in [0, 0.1) is 0 Å². The number of carbonyl (C=O) groups is 2. The third kappa shape index (κ3) is 2.60. The maximum absolute atomic E-state index is 12.2. The lowest BCUT2D eigenvalue weighted by molar-refractivity contribution is -0.156. The molecule has 2 atom stereocenters. The molecule has 2 saturated heterocycles. The Morgan fingerprint density at radius 1 is 1.35 bits per heavy atom. The Labute approximate surface area is 101 Å². The Bertz CT molecular complexity index is 299. The van der Waals surface area contributed by atoms with Gasteiger partial charge in [-0.3, -0.25) is 4.79 Å². The first-order chi connectivity index (χ1) is 8.24. The molecule has 0 saturated carbocycles. The van der Waals surface area contributed by atoms with Crippen molar-refractivity contribution in [3.63, 3.8) is 0 Å². The van der Waals surface area contributed by atoms with Crippen molar-refractivity contribution in [3.05, 3.63) is 0 Å². The van der Waals surface area contributed by atoms with Gasteiger partial charge in [-0.25, -0.2) is 4.79 Å². The lowest BCUT2D eigenvalue weighted by Gasteiger charge is -2.25. The normalized spacial score (nSPS) is 28.4. The van der Waals surface area contributed by atoms with Gasteiger partial charge in [0.25, 0.3) is 5.91 Å². The fourth-order valence-electron chi connectivity index (χ4n) is 2.47. The lowest BCUT2D eigenvalue weighted by atomic mass is 10.2. The van der Waals surface area contributed by atoms with Crippen LogP contribution in [0.4, 0.5) is 0 Å². The van der Waals surface area contributed by atoms with Crippen LogP contribution in [-0.4, -0.2) is 48.7 Å². The monoisotopic (exact) mass is 241 g/mol. The van der Waals surface area contributed by atoms with Crippen molar-refractivity contribution in [1.82, 2.24) is 4.90 Å². The zero-order valence-corrected chi connectivity index (χ0v) is 10.2. The minimum atomic E-state index is -0.397. The second kappa shape index (κ2) is 5.49. The molecule has 0 aromatic rings. The van der Waals surface area contributed by atoms with Crippen molar-refractivity contribution in [2.45, 2.75) is 44.8 Å². The molecule has 0 spiro atoms. The SMILES string of the molecule is CCOC(=O)C1CCCN1C(=O)C1CCCO1. The number of likely N-dealkylation sites (tertiary alicyclic amines) is 1. The highest BCUT2D eigenvalue weighted by Gasteiger charge is 2.39. The average Bonchev–Trinajstić information content (AvgIpc) is 3.00. The number of rotatable bonds is 3. The number of ether oxygens (including phenoxy) is 2. The molecule has 5 nitrogen and oxygen atoms in total. The molecule has 2 aliphatic heterocycles. The fraction of sp³-hybridized carbons (Fsp3) is 0.833. The third-order valence-electron chi connectivity index (χ3n) is 3.30. The molecule has 17 heavy (non-hydrogen) atoms. The van der Waals surface area contributed by atoms with Gasteiger partial charge >= 0.3 is 5.97 Å². The summed E-state index contributed by atoms with van der Waals surface area (Å²) in [6.45, 7) is 3.42. The summed E-state index contributed by atoms with van der Waals surface area (Å²) in [4.78, 5) is 25.5. The highest BCUT2D eigenvalue weighted by molar-refractivity contribution is 5.87. The van der Waals surface area contributed by atoms with Gasteiger partial charge in [0.1, 0.15) is 12.1 Å². The fourth-order valence-corrected chi connectivity index (χ4v) is 2.47. The summed E-state index contributed by atoms with van der Waals surface area (Å²) in [6, 6.07) is -0.397. The second-order valence-electron chi connectivity index (χ2n) is 4.44. The largest absolute Gasteiger partial charge is 0.464 e. The van der Waals surface area contributed by atoms with Gasteiger partial charge in [-0.05, 0) is 32.6 Å². The molecule has 0 radical (unpaired) electrons. The van der Waals surface area contributed by atoms with Crippen molar-refractivity contribution in [2.75, 3.05) is 19.8 Å². The number of hydrogen-bond acceptors (Lipinski definition) is 4. The predicted molar refractivity (Wildman–Crippen MR) is 60.3 cm³/mol. The predicted octanol–water partition coefficient (Wildman–Crippen LogP) is 0.719. The molecule has 2 unspecified atom stereocenters. The third-order valence-corrected chi connectivity index (χ3v) is 3.30. The Morgan fingerprint density at radius 3 is 2.82 bits per heavy atom. The summed E-state index contributed by atoms with van der Waals surface area (Å²) in [7, 11) is 0. The van der Waals surface area contributed by atoms with E-state index in [4.69, 9.17) is 9.47 Å². The van der Waals surface area contributed by atoms with E-state index in [1.165, 1.54) is 0 Å². The molecule has 0 N–H and O–H groups in total. The van der Waals surface area contributed by atoms with E-state index in [0.717, 1.165) is 19.3 Å². The maximum Gasteiger partial charge on any atom is 0.328 e. The molecule has 2 fully saturated rings. The number of carbonyl (C=O) groups excluding carboxylic acids is 2. The van der Waals surface area contributed by atoms with E-state index in [1.807, 2.05) is 0 Å². The van der Waals surface area contributed by atoms with Gasteiger partial charge in [0, 0.05) is 13.2 Å². The van der Waals surface area contributed by atoms with Crippen molar-refractivity contribution < 1.29 is 19.1 Å². The van der Waals surface area contributed by atoms with E-state index in [1.54, 1.807) is 11.8 Å². The first kappa shape index (κ1) is 12.4. The first-order valence-corrected chi connectivity index (χ1v) is 6.32. The van der Waals surface area contributed by atoms with Crippen molar-refractivity contribution in [3.8, 4) is 0 Å². The molecule has 0 bridgehead atoms. The van der Waals surface area contributed by atoms with Crippen LogP contribution in [0.25, 0.3) is 0 Å². The molecule has 2 rings (SSSR count). The molecule has 0 aromatic carbocycles. The summed E-state index contributed by atoms with van der Waals surface area (Å²) >= 11 is 0. The van der Waals surface area contributed by atoms with Gasteiger partial charge < -0.3 is 14.4 Å². The standard InChI is InChI=1S/C12H19NO4/c1-2-16-12(15)9-5-3-7-13(9)11(14)10-6-4-8-17-10/h9-10H,2-8H2,1H3. The van der Waals surface area contributed by atoms with Crippen molar-refractivity contribution in [2.24, 2.45) is 0 Å². The molecule has 2 heterocycles. The van der Waals surface area contributed by atoms with Gasteiger partial charge in [-0.15, -0.1) is 0 Å². The average molecular weight is 241 g/mol. The smallest absolute Gasteiger partial charge is 0.328 e. The summed E-state index contributed by atoms with van der Waals surface area (Å²) in [5.41, 5.74) is 0. The van der Waals surface area contributed by atoms with Crippen LogP contribution in [0.15, 0.2) is 0 Å². The minimum Gasteiger partial charge on any atom is -0.464 e. The van der Waals surface area contributed by atoms with E-state index >= 15 is 0 Å². The lowest BCUT2D eigenvalue weighted by Crippen LogP contribution is -2.45. The van der Waals surface area contributed by atoms with Crippen LogP contribution in [0.1, 0.15) is 32.6 Å². The van der Waals surface area contributed by atoms with Crippen molar-refractivity contribution in [1.29, 1.82) is 0 Å². The quantitative estimate of drug-likeness (QED) is 0.683. The molecule has 1 amide bonds. The van der Waals surface area contributed by atoms with Crippen LogP contribution in [0.3, 0.4) is 0 Å². The van der Waals surface area contributed by atoms with Gasteiger partial charge in [0.05, 0.1) is 6.61 Å². The van der Waals surface area contributed by atoms with Crippen LogP contribution in [0.5, 0.6) is 0 Å². The maximum atomic E-state index is 12.2. The second-order valence-corrected chi connectivity index (χ2v) is 4.44. The topological polar surface area (TPSA) is 55.8 Å². The van der Waals surface area contributed by atoms with E-state index in [0.29, 0.717) is 26.2 Å². The van der Waals surface area contributed by atoms with Gasteiger partial charge in [-0.1, -0.05) is 0 Å². The minimum absolute atomic E-state index is 0.0435. The Kier molecular flexibility index (Phi) is 3.99. The Balaban J connectivity index is 1.98. The van der Waals surface area contributed by atoms with Gasteiger partial charge in [0.15, 0.2) is 0 Å². The molecular weight excluding hydrogens is 222 g/mol.